The highest BCUT2D eigenvalue weighted by molar-refractivity contribution is 7.85. The van der Waals surface area contributed by atoms with Gasteiger partial charge in [0.1, 0.15) is 5.75 Å². The van der Waals surface area contributed by atoms with Crippen molar-refractivity contribution in [2.45, 2.75) is 24.4 Å². The third-order valence-corrected chi connectivity index (χ3v) is 5.04. The van der Waals surface area contributed by atoms with Crippen molar-refractivity contribution in [1.82, 2.24) is 0 Å². The first-order chi connectivity index (χ1) is 13.2. The lowest BCUT2D eigenvalue weighted by Crippen LogP contribution is -2.11. The fraction of sp³-hybridized carbons (Fsp3) is 0.250. The van der Waals surface area contributed by atoms with Crippen LogP contribution in [-0.2, 0) is 21.8 Å². The first-order valence-electron chi connectivity index (χ1n) is 8.27. The second-order valence-electron chi connectivity index (χ2n) is 5.72. The molecule has 1 N–H and O–H groups in total. The maximum Gasteiger partial charge on any atom is 0.416 e. The molecule has 0 spiro atoms. The molecule has 0 radical (unpaired) electrons. The molecule has 4 nitrogen and oxygen atoms in total. The Morgan fingerprint density at radius 1 is 1.18 bits per heavy atom. The fourth-order valence-corrected chi connectivity index (χ4v) is 3.32. The third kappa shape index (κ3) is 6.13. The zero-order chi connectivity index (χ0) is 20.7. The Kier molecular flexibility index (Phi) is 7.24. The van der Waals surface area contributed by atoms with E-state index in [-0.39, 0.29) is 11.3 Å². The van der Waals surface area contributed by atoms with Crippen LogP contribution in [0.5, 0.6) is 5.75 Å². The number of alkyl halides is 3. The van der Waals surface area contributed by atoms with E-state index in [2.05, 4.69) is 11.8 Å². The van der Waals surface area contributed by atoms with Gasteiger partial charge in [-0.05, 0) is 42.8 Å². The van der Waals surface area contributed by atoms with Crippen molar-refractivity contribution in [1.29, 1.82) is 0 Å². The largest absolute Gasteiger partial charge is 0.481 e. The van der Waals surface area contributed by atoms with Gasteiger partial charge >= 0.3 is 12.1 Å². The SMILES string of the molecule is CCCS(=O)c1cccc(C#Cc2cc(C(F)(F)F)ccc2OCC(=O)O)c1. The topological polar surface area (TPSA) is 63.6 Å². The number of halogens is 3. The quantitative estimate of drug-likeness (QED) is 0.729. The Balaban J connectivity index is 2.40. The van der Waals surface area contributed by atoms with Gasteiger partial charge in [0, 0.05) is 16.2 Å². The molecule has 2 rings (SSSR count). The number of carboxylic acid groups (broad SMARTS) is 1. The van der Waals surface area contributed by atoms with Crippen LogP contribution in [0.25, 0.3) is 0 Å². The minimum atomic E-state index is -4.57. The predicted molar refractivity (Wildman–Crippen MR) is 98.6 cm³/mol. The van der Waals surface area contributed by atoms with Crippen LogP contribution in [0.4, 0.5) is 13.2 Å². The number of ether oxygens (including phenoxy) is 1. The molecule has 2 aromatic rings. The van der Waals surface area contributed by atoms with Crippen molar-refractivity contribution in [3.05, 3.63) is 59.2 Å². The Morgan fingerprint density at radius 3 is 2.57 bits per heavy atom. The average Bonchev–Trinajstić information content (AvgIpc) is 2.64. The summed E-state index contributed by atoms with van der Waals surface area (Å²) in [5.41, 5.74) is -0.531. The molecule has 8 heteroatoms. The Morgan fingerprint density at radius 2 is 1.93 bits per heavy atom. The predicted octanol–water partition coefficient (Wildman–Crippen LogP) is 4.09. The van der Waals surface area contributed by atoms with Gasteiger partial charge in [0.05, 0.1) is 21.9 Å². The van der Waals surface area contributed by atoms with Crippen LogP contribution in [0, 0.1) is 11.8 Å². The molecule has 1 atom stereocenters. The van der Waals surface area contributed by atoms with Crippen molar-refractivity contribution < 1.29 is 32.0 Å². The minimum Gasteiger partial charge on any atom is -0.481 e. The van der Waals surface area contributed by atoms with Gasteiger partial charge in [-0.15, -0.1) is 0 Å². The highest BCUT2D eigenvalue weighted by Gasteiger charge is 2.31. The van der Waals surface area contributed by atoms with Crippen LogP contribution in [0.3, 0.4) is 0 Å². The molecule has 28 heavy (non-hydrogen) atoms. The van der Waals surface area contributed by atoms with Gasteiger partial charge in [0.15, 0.2) is 6.61 Å². The van der Waals surface area contributed by atoms with Gasteiger partial charge < -0.3 is 9.84 Å². The number of aliphatic carboxylic acids is 1. The molecular weight excluding hydrogens is 393 g/mol. The summed E-state index contributed by atoms with van der Waals surface area (Å²) >= 11 is 0. The van der Waals surface area contributed by atoms with Gasteiger partial charge in [-0.25, -0.2) is 4.79 Å². The summed E-state index contributed by atoms with van der Waals surface area (Å²) < 4.78 is 56.0. The second kappa shape index (κ2) is 9.42. The number of hydrogen-bond acceptors (Lipinski definition) is 3. The first kappa shape index (κ1) is 21.5. The van der Waals surface area contributed by atoms with Crippen LogP contribution in [0.15, 0.2) is 47.4 Å². The van der Waals surface area contributed by atoms with Crippen LogP contribution in [0.1, 0.15) is 30.0 Å². The number of benzene rings is 2. The molecule has 1 unspecified atom stereocenters. The monoisotopic (exact) mass is 410 g/mol. The molecule has 0 fully saturated rings. The van der Waals surface area contributed by atoms with E-state index >= 15 is 0 Å². The van der Waals surface area contributed by atoms with Gasteiger partial charge in [-0.2, -0.15) is 13.2 Å². The Bertz CT molecular complexity index is 942. The van der Waals surface area contributed by atoms with Crippen LogP contribution in [-0.4, -0.2) is 27.6 Å². The van der Waals surface area contributed by atoms with Gasteiger partial charge in [-0.1, -0.05) is 24.8 Å². The van der Waals surface area contributed by atoms with E-state index in [0.717, 1.165) is 24.6 Å². The molecule has 2 aromatic carbocycles. The summed E-state index contributed by atoms with van der Waals surface area (Å²) in [6.45, 7) is 1.21. The van der Waals surface area contributed by atoms with E-state index in [1.807, 2.05) is 6.92 Å². The summed E-state index contributed by atoms with van der Waals surface area (Å²) in [7, 11) is -1.18. The molecule has 0 aliphatic carbocycles. The van der Waals surface area contributed by atoms with Crippen LogP contribution < -0.4 is 4.74 Å². The number of carbonyl (C=O) groups is 1. The number of rotatable bonds is 6. The molecule has 0 saturated carbocycles. The van der Waals surface area contributed by atoms with Crippen molar-refractivity contribution in [3.63, 3.8) is 0 Å². The highest BCUT2D eigenvalue weighted by atomic mass is 32.2. The number of hydrogen-bond donors (Lipinski definition) is 1. The summed E-state index contributed by atoms with van der Waals surface area (Å²) in [5.74, 6) is 4.50. The Labute approximate surface area is 162 Å². The van der Waals surface area contributed by atoms with Crippen molar-refractivity contribution in [2.75, 3.05) is 12.4 Å². The molecule has 0 heterocycles. The van der Waals surface area contributed by atoms with E-state index in [1.165, 1.54) is 0 Å². The minimum absolute atomic E-state index is 0.0615. The molecule has 0 aromatic heterocycles. The van der Waals surface area contributed by atoms with Gasteiger partial charge in [0.25, 0.3) is 0 Å². The molecule has 0 aliphatic rings. The standard InChI is InChI=1S/C20H17F3O4S/c1-2-10-28(26)17-5-3-4-14(11-17)6-7-15-12-16(20(21,22)23)8-9-18(15)27-13-19(24)25/h3-5,8-9,11-12H,2,10,13H2,1H3,(H,24,25). The van der Waals surface area contributed by atoms with Gasteiger partial charge in [-0.3, -0.25) is 4.21 Å². The lowest BCUT2D eigenvalue weighted by molar-refractivity contribution is -0.140. The van der Waals surface area contributed by atoms with E-state index < -0.39 is 35.1 Å². The maximum absolute atomic E-state index is 13.0. The molecule has 0 aliphatic heterocycles. The maximum atomic E-state index is 13.0. The van der Waals surface area contributed by atoms with Crippen molar-refractivity contribution in [2.24, 2.45) is 0 Å². The third-order valence-electron chi connectivity index (χ3n) is 3.49. The molecule has 0 bridgehead atoms. The second-order valence-corrected chi connectivity index (χ2v) is 7.29. The van der Waals surface area contributed by atoms with E-state index in [0.29, 0.717) is 16.2 Å². The fourth-order valence-electron chi connectivity index (χ4n) is 2.23. The highest BCUT2D eigenvalue weighted by Crippen LogP contribution is 2.32. The zero-order valence-corrected chi connectivity index (χ0v) is 15.7. The van der Waals surface area contributed by atoms with Gasteiger partial charge in [0.2, 0.25) is 0 Å². The molecular formula is C20H17F3O4S. The van der Waals surface area contributed by atoms with E-state index in [4.69, 9.17) is 9.84 Å². The summed E-state index contributed by atoms with van der Waals surface area (Å²) in [6, 6.07) is 9.28. The lowest BCUT2D eigenvalue weighted by atomic mass is 10.1. The lowest BCUT2D eigenvalue weighted by Gasteiger charge is -2.10. The summed E-state index contributed by atoms with van der Waals surface area (Å²) in [4.78, 5) is 11.3. The molecule has 0 saturated heterocycles. The number of carboxylic acids is 1. The zero-order valence-electron chi connectivity index (χ0n) is 14.9. The van der Waals surface area contributed by atoms with E-state index in [9.17, 15) is 22.2 Å². The average molecular weight is 410 g/mol. The van der Waals surface area contributed by atoms with Crippen LogP contribution in [0.2, 0.25) is 0 Å². The van der Waals surface area contributed by atoms with Crippen LogP contribution >= 0.6 is 0 Å². The Hall–Kier alpha value is -2.79. The first-order valence-corrected chi connectivity index (χ1v) is 9.59. The molecule has 0 amide bonds. The smallest absolute Gasteiger partial charge is 0.416 e. The van der Waals surface area contributed by atoms with Crippen molar-refractivity contribution >= 4 is 16.8 Å². The summed E-state index contributed by atoms with van der Waals surface area (Å²) in [6.07, 6.45) is -3.82. The normalized spacial score (nSPS) is 12.0. The molecule has 148 valence electrons. The van der Waals surface area contributed by atoms with Crippen molar-refractivity contribution in [3.8, 4) is 17.6 Å². The van der Waals surface area contributed by atoms with E-state index in [1.54, 1.807) is 24.3 Å². The summed E-state index contributed by atoms with van der Waals surface area (Å²) in [5, 5.41) is 8.71.